The Kier molecular flexibility index (Phi) is 22.0. The van der Waals surface area contributed by atoms with Crippen LogP contribution in [-0.2, 0) is 0 Å². The fraction of sp³-hybridized carbons (Fsp3) is 1.00. The summed E-state index contributed by atoms with van der Waals surface area (Å²) in [6.45, 7) is 4.31. The van der Waals surface area contributed by atoms with Gasteiger partial charge < -0.3 is 0 Å². The van der Waals surface area contributed by atoms with Gasteiger partial charge >= 0.3 is 0 Å². The maximum Gasteiger partial charge on any atom is 0.108 e. The van der Waals surface area contributed by atoms with E-state index in [2.05, 4.69) is 21.1 Å². The van der Waals surface area contributed by atoms with Crippen molar-refractivity contribution in [3.63, 3.8) is 0 Å². The summed E-state index contributed by atoms with van der Waals surface area (Å²) < 4.78 is 0. The first-order valence-electron chi connectivity index (χ1n) is 3.05. The number of hydrogen-bond donors (Lipinski definition) is 0. The first-order valence-corrected chi connectivity index (χ1v) is 4.68. The Balaban J connectivity index is 0. The third kappa shape index (κ3) is 32.3. The molecule has 49 valence electrons. The third-order valence-electron chi connectivity index (χ3n) is 0.577. The van der Waals surface area contributed by atoms with Gasteiger partial charge in [0.1, 0.15) is 7.28 Å². The SMILES string of the molecule is CC[B]CC.CSC. The molecule has 0 aliphatic rings. The van der Waals surface area contributed by atoms with Crippen LogP contribution in [0.15, 0.2) is 0 Å². The predicted octanol–water partition coefficient (Wildman–Crippen LogP) is 2.55. The lowest BCUT2D eigenvalue weighted by atomic mass is 9.73. The molecule has 2 heteroatoms. The lowest BCUT2D eigenvalue weighted by molar-refractivity contribution is 1.36. The van der Waals surface area contributed by atoms with E-state index < -0.39 is 0 Å². The zero-order chi connectivity index (χ0) is 6.83. The zero-order valence-corrected chi connectivity index (χ0v) is 7.22. The molecule has 0 unspecified atom stereocenters. The van der Waals surface area contributed by atoms with Crippen LogP contribution >= 0.6 is 11.8 Å². The Labute approximate surface area is 58.7 Å². The Morgan fingerprint density at radius 2 is 1.38 bits per heavy atom. The topological polar surface area (TPSA) is 0 Å². The van der Waals surface area contributed by atoms with Gasteiger partial charge in [-0.1, -0.05) is 26.5 Å². The molecular formula is C6H16BS. The van der Waals surface area contributed by atoms with Crippen LogP contribution < -0.4 is 0 Å². The Morgan fingerprint density at radius 1 is 1.12 bits per heavy atom. The van der Waals surface area contributed by atoms with Crippen molar-refractivity contribution in [3.05, 3.63) is 0 Å². The molecule has 0 heterocycles. The van der Waals surface area contributed by atoms with Crippen LogP contribution in [0.5, 0.6) is 0 Å². The van der Waals surface area contributed by atoms with Crippen molar-refractivity contribution in [2.45, 2.75) is 26.5 Å². The zero-order valence-electron chi connectivity index (χ0n) is 6.40. The maximum atomic E-state index is 2.25. The molecule has 0 spiro atoms. The van der Waals surface area contributed by atoms with E-state index in [0.29, 0.717) is 0 Å². The molecule has 0 aromatic heterocycles. The van der Waals surface area contributed by atoms with E-state index in [1.807, 2.05) is 12.5 Å². The van der Waals surface area contributed by atoms with Gasteiger partial charge in [-0.25, -0.2) is 0 Å². The van der Waals surface area contributed by atoms with Crippen LogP contribution in [0.25, 0.3) is 0 Å². The van der Waals surface area contributed by atoms with Crippen LogP contribution in [-0.4, -0.2) is 19.8 Å². The lowest BCUT2D eigenvalue weighted by Crippen LogP contribution is -1.76. The number of rotatable bonds is 2. The van der Waals surface area contributed by atoms with E-state index in [9.17, 15) is 0 Å². The minimum atomic E-state index is 1.22. The molecule has 0 aromatic rings. The van der Waals surface area contributed by atoms with Crippen LogP contribution in [0.1, 0.15) is 13.8 Å². The lowest BCUT2D eigenvalue weighted by Gasteiger charge is -1.75. The van der Waals surface area contributed by atoms with E-state index in [4.69, 9.17) is 0 Å². The predicted molar refractivity (Wildman–Crippen MR) is 46.2 cm³/mol. The molecule has 0 aliphatic carbocycles. The van der Waals surface area contributed by atoms with Crippen LogP contribution in [0.2, 0.25) is 12.6 Å². The second-order valence-corrected chi connectivity index (χ2v) is 2.33. The van der Waals surface area contributed by atoms with Crippen LogP contribution in [0.4, 0.5) is 0 Å². The standard InChI is InChI=1S/C4H10B.C2H6S/c1-3-5-4-2;1-3-2/h3-4H2,1-2H3;1-2H3. The molecule has 0 amide bonds. The largest absolute Gasteiger partial charge is 0.169 e. The molecule has 0 nitrogen and oxygen atoms in total. The third-order valence-corrected chi connectivity index (χ3v) is 0.577. The number of thioether (sulfide) groups is 1. The van der Waals surface area contributed by atoms with Gasteiger partial charge in [-0.3, -0.25) is 0 Å². The molecule has 0 aliphatic heterocycles. The summed E-state index contributed by atoms with van der Waals surface area (Å²) in [5, 5.41) is 0. The molecular weight excluding hydrogens is 115 g/mol. The first kappa shape index (κ1) is 11.2. The molecule has 1 radical (unpaired) electrons. The second kappa shape index (κ2) is 15.7. The summed E-state index contributed by atoms with van der Waals surface area (Å²) in [5.41, 5.74) is 0. The van der Waals surface area contributed by atoms with Crippen molar-refractivity contribution >= 4 is 19.0 Å². The normalized spacial score (nSPS) is 7.00. The molecule has 0 bridgehead atoms. The highest BCUT2D eigenvalue weighted by Gasteiger charge is 1.72. The van der Waals surface area contributed by atoms with Gasteiger partial charge in [0.2, 0.25) is 0 Å². The van der Waals surface area contributed by atoms with Gasteiger partial charge in [0.05, 0.1) is 0 Å². The molecule has 0 rings (SSSR count). The number of hydrogen-bond acceptors (Lipinski definition) is 1. The smallest absolute Gasteiger partial charge is 0.108 e. The van der Waals surface area contributed by atoms with Crippen molar-refractivity contribution in [3.8, 4) is 0 Å². The molecule has 0 atom stereocenters. The fourth-order valence-electron chi connectivity index (χ4n) is 0.289. The van der Waals surface area contributed by atoms with E-state index in [1.54, 1.807) is 11.8 Å². The highest BCUT2D eigenvalue weighted by Crippen LogP contribution is 1.77. The highest BCUT2D eigenvalue weighted by molar-refractivity contribution is 7.97. The first-order chi connectivity index (χ1) is 3.83. The fourth-order valence-corrected chi connectivity index (χ4v) is 0.289. The van der Waals surface area contributed by atoms with Gasteiger partial charge in [-0.2, -0.15) is 11.8 Å². The molecule has 8 heavy (non-hydrogen) atoms. The Bertz CT molecular complexity index is 22.5. The van der Waals surface area contributed by atoms with Crippen molar-refractivity contribution in [2.75, 3.05) is 12.5 Å². The summed E-state index contributed by atoms with van der Waals surface area (Å²) in [5.74, 6) is 0. The van der Waals surface area contributed by atoms with E-state index in [1.165, 1.54) is 12.6 Å². The van der Waals surface area contributed by atoms with E-state index >= 15 is 0 Å². The summed E-state index contributed by atoms with van der Waals surface area (Å²) in [4.78, 5) is 0. The van der Waals surface area contributed by atoms with Crippen LogP contribution in [0.3, 0.4) is 0 Å². The summed E-state index contributed by atoms with van der Waals surface area (Å²) in [6, 6.07) is 0. The summed E-state index contributed by atoms with van der Waals surface area (Å²) in [7, 11) is 2.25. The Hall–Kier alpha value is 0.415. The molecule has 0 aromatic carbocycles. The van der Waals surface area contributed by atoms with E-state index in [0.717, 1.165) is 0 Å². The van der Waals surface area contributed by atoms with Gasteiger partial charge in [0.15, 0.2) is 0 Å². The summed E-state index contributed by atoms with van der Waals surface area (Å²) >= 11 is 1.75. The molecule has 0 saturated carbocycles. The summed E-state index contributed by atoms with van der Waals surface area (Å²) in [6.07, 6.45) is 6.52. The average Bonchev–Trinajstić information content (AvgIpc) is 1.71. The maximum absolute atomic E-state index is 2.25. The van der Waals surface area contributed by atoms with E-state index in [-0.39, 0.29) is 0 Å². The van der Waals surface area contributed by atoms with Crippen molar-refractivity contribution < 1.29 is 0 Å². The average molecular weight is 131 g/mol. The monoisotopic (exact) mass is 131 g/mol. The van der Waals surface area contributed by atoms with Gasteiger partial charge in [0.25, 0.3) is 0 Å². The van der Waals surface area contributed by atoms with Gasteiger partial charge in [0, 0.05) is 0 Å². The highest BCUT2D eigenvalue weighted by atomic mass is 32.2. The Morgan fingerprint density at radius 3 is 1.38 bits per heavy atom. The van der Waals surface area contributed by atoms with Crippen LogP contribution in [0, 0.1) is 0 Å². The molecule has 0 fully saturated rings. The minimum Gasteiger partial charge on any atom is -0.169 e. The molecule has 0 N–H and O–H groups in total. The van der Waals surface area contributed by atoms with Crippen molar-refractivity contribution in [2.24, 2.45) is 0 Å². The van der Waals surface area contributed by atoms with Crippen molar-refractivity contribution in [1.29, 1.82) is 0 Å². The quantitative estimate of drug-likeness (QED) is 0.519. The van der Waals surface area contributed by atoms with Crippen molar-refractivity contribution in [1.82, 2.24) is 0 Å². The second-order valence-electron chi connectivity index (χ2n) is 1.51. The van der Waals surface area contributed by atoms with Gasteiger partial charge in [-0.05, 0) is 12.5 Å². The minimum absolute atomic E-state index is 1.22. The molecule has 0 saturated heterocycles. The van der Waals surface area contributed by atoms with Gasteiger partial charge in [-0.15, -0.1) is 0 Å².